The van der Waals surface area contributed by atoms with Gasteiger partial charge >= 0.3 is 18.5 Å². The number of carbonyl (C=O) groups is 3. The predicted octanol–water partition coefficient (Wildman–Crippen LogP) is 7.27. The molecule has 15 nitrogen and oxygen atoms in total. The van der Waals surface area contributed by atoms with Crippen LogP contribution >= 0.6 is 46.7 Å². The van der Waals surface area contributed by atoms with Gasteiger partial charge in [-0.05, 0) is 57.6 Å². The molecule has 2 aromatic heterocycles. The van der Waals surface area contributed by atoms with Gasteiger partial charge in [0, 0.05) is 36.7 Å². The average molecular weight is 874 g/mol. The van der Waals surface area contributed by atoms with Crippen molar-refractivity contribution in [3.8, 4) is 0 Å². The maximum atomic E-state index is 13.5. The number of ether oxygens (including phenoxy) is 2. The second-order valence-electron chi connectivity index (χ2n) is 11.5. The molecule has 2 amide bonds. The van der Waals surface area contributed by atoms with Crippen molar-refractivity contribution in [3.63, 3.8) is 0 Å². The first-order valence-electron chi connectivity index (χ1n) is 16.2. The lowest BCUT2D eigenvalue weighted by Crippen LogP contribution is -2.34. The van der Waals surface area contributed by atoms with Crippen molar-refractivity contribution in [1.29, 1.82) is 0 Å². The van der Waals surface area contributed by atoms with Gasteiger partial charge < -0.3 is 9.47 Å². The number of hydrogen-bond donors (Lipinski definition) is 0. The summed E-state index contributed by atoms with van der Waals surface area (Å²) in [6.07, 6.45) is -9.61. The molecule has 4 aromatic rings. The molecule has 56 heavy (non-hydrogen) atoms. The van der Waals surface area contributed by atoms with Crippen molar-refractivity contribution in [2.45, 2.75) is 74.1 Å². The molecule has 0 N–H and O–H groups in total. The van der Waals surface area contributed by atoms with Gasteiger partial charge in [-0.25, -0.2) is 14.2 Å². The molecule has 0 aliphatic carbocycles. The normalized spacial score (nSPS) is 13.9. The van der Waals surface area contributed by atoms with Crippen LogP contribution in [0.2, 0.25) is 10.0 Å². The lowest BCUT2D eigenvalue weighted by molar-refractivity contribution is -0.140. The first kappa shape index (κ1) is 44.4. The van der Waals surface area contributed by atoms with Crippen molar-refractivity contribution < 1.29 is 50.2 Å². The summed E-state index contributed by atoms with van der Waals surface area (Å²) in [4.78, 5) is 47.1. The van der Waals surface area contributed by atoms with Crippen molar-refractivity contribution in [2.24, 2.45) is 24.1 Å². The van der Waals surface area contributed by atoms with Gasteiger partial charge in [-0.3, -0.25) is 9.59 Å². The van der Waals surface area contributed by atoms with E-state index >= 15 is 0 Å². The summed E-state index contributed by atoms with van der Waals surface area (Å²) in [5.41, 5.74) is -3.25. The van der Waals surface area contributed by atoms with Crippen molar-refractivity contribution in [1.82, 2.24) is 39.6 Å². The standard InChI is InChI=1S/C31H32Cl2F6N10O5S2/c1-7-9-19(48-27(46(3)42-44-48)40-25(50)15-11-13-17(30(34,35)36)23(55-5)21(15)32)53-29(52)54-20(10-8-2)49-28(47(4)43-45-49)41-26(51)16-12-14-18(31(37,38)39)24(56-6)22(16)33/h11-14,19-20H,7-10H2,1-6H3. The monoisotopic (exact) mass is 872 g/mol. The lowest BCUT2D eigenvalue weighted by Gasteiger charge is -2.20. The van der Waals surface area contributed by atoms with Crippen LogP contribution in [0.4, 0.5) is 31.1 Å². The Bertz CT molecular complexity index is 2100. The third-order valence-electron chi connectivity index (χ3n) is 7.69. The first-order valence-corrected chi connectivity index (χ1v) is 19.4. The maximum absolute atomic E-state index is 13.5. The van der Waals surface area contributed by atoms with Crippen LogP contribution in [-0.4, -0.2) is 70.1 Å². The minimum absolute atomic E-state index is 0.0879. The third kappa shape index (κ3) is 9.77. The fourth-order valence-electron chi connectivity index (χ4n) is 5.08. The molecular formula is C31H32Cl2F6N10O5S2. The largest absolute Gasteiger partial charge is 0.512 e. The van der Waals surface area contributed by atoms with E-state index in [1.54, 1.807) is 13.8 Å². The van der Waals surface area contributed by atoms with E-state index < -0.39 is 64.0 Å². The summed E-state index contributed by atoms with van der Waals surface area (Å²) >= 11 is 13.9. The van der Waals surface area contributed by atoms with Crippen molar-refractivity contribution >= 4 is 64.7 Å². The van der Waals surface area contributed by atoms with E-state index in [0.717, 1.165) is 43.0 Å². The Balaban J connectivity index is 1.66. The minimum Gasteiger partial charge on any atom is -0.408 e. The average Bonchev–Trinajstić information content (AvgIpc) is 3.67. The van der Waals surface area contributed by atoms with E-state index in [2.05, 4.69) is 30.8 Å². The summed E-state index contributed by atoms with van der Waals surface area (Å²) in [5, 5.41) is 14.6. The molecule has 0 bridgehead atoms. The van der Waals surface area contributed by atoms with Gasteiger partial charge in [0.1, 0.15) is 0 Å². The predicted molar refractivity (Wildman–Crippen MR) is 190 cm³/mol. The Kier molecular flexibility index (Phi) is 14.5. The first-order chi connectivity index (χ1) is 26.3. The number of alkyl halides is 6. The lowest BCUT2D eigenvalue weighted by atomic mass is 10.1. The topological polar surface area (TPSA) is 166 Å². The Labute approximate surface area is 332 Å². The maximum Gasteiger partial charge on any atom is 0.512 e. The van der Waals surface area contributed by atoms with E-state index in [4.69, 9.17) is 32.7 Å². The van der Waals surface area contributed by atoms with Crippen LogP contribution in [0.1, 0.15) is 83.8 Å². The number of nitrogens with zero attached hydrogens (tertiary/aromatic N) is 10. The van der Waals surface area contributed by atoms with Crippen molar-refractivity contribution in [3.05, 3.63) is 67.8 Å². The summed E-state index contributed by atoms with van der Waals surface area (Å²) in [6.45, 7) is 3.50. The number of tetrazole rings is 2. The van der Waals surface area contributed by atoms with Crippen LogP contribution in [0.15, 0.2) is 44.0 Å². The van der Waals surface area contributed by atoms with E-state index in [-0.39, 0.29) is 45.0 Å². The van der Waals surface area contributed by atoms with Gasteiger partial charge in [0.05, 0.1) is 32.3 Å². The van der Waals surface area contributed by atoms with E-state index in [0.29, 0.717) is 36.4 Å². The zero-order valence-electron chi connectivity index (χ0n) is 30.1. The van der Waals surface area contributed by atoms with Gasteiger partial charge in [0.2, 0.25) is 12.5 Å². The highest BCUT2D eigenvalue weighted by Gasteiger charge is 2.37. The zero-order chi connectivity index (χ0) is 41.7. The molecule has 4 rings (SSSR count). The quantitative estimate of drug-likeness (QED) is 0.0799. The Morgan fingerprint density at radius 2 is 1.05 bits per heavy atom. The molecular weight excluding hydrogens is 841 g/mol. The fourth-order valence-corrected chi connectivity index (χ4v) is 7.42. The summed E-state index contributed by atoms with van der Waals surface area (Å²) in [5.74, 6) is -2.07. The van der Waals surface area contributed by atoms with Gasteiger partial charge in [-0.15, -0.1) is 23.5 Å². The number of carbonyl (C=O) groups excluding carboxylic acids is 3. The molecule has 2 atom stereocenters. The number of rotatable bonds is 12. The SMILES string of the molecule is CCCC(OC(=O)OC(CCC)n1nnn(C)c1=NC(=O)c1ccc(C(F)(F)F)c(SC)c1Cl)n1nnn(C)c1=NC(=O)c1ccc(C(F)(F)F)c(SC)c1Cl. The molecule has 0 fully saturated rings. The van der Waals surface area contributed by atoms with Crippen LogP contribution < -0.4 is 11.2 Å². The molecule has 0 radical (unpaired) electrons. The Morgan fingerprint density at radius 1 is 0.696 bits per heavy atom. The molecule has 0 spiro atoms. The minimum atomic E-state index is -4.73. The molecule has 2 aromatic carbocycles. The van der Waals surface area contributed by atoms with Crippen LogP contribution in [-0.2, 0) is 35.9 Å². The molecule has 2 unspecified atom stereocenters. The summed E-state index contributed by atoms with van der Waals surface area (Å²) in [6, 6.07) is 3.23. The van der Waals surface area contributed by atoms with Gasteiger partial charge in [0.25, 0.3) is 23.1 Å². The van der Waals surface area contributed by atoms with Crippen LogP contribution in [0.3, 0.4) is 0 Å². The number of halogens is 8. The number of amides is 2. The summed E-state index contributed by atoms with van der Waals surface area (Å²) < 4.78 is 96.5. The van der Waals surface area contributed by atoms with Crippen LogP contribution in [0.5, 0.6) is 0 Å². The smallest absolute Gasteiger partial charge is 0.408 e. The molecule has 0 aliphatic heterocycles. The Hall–Kier alpha value is -4.35. The molecule has 2 heterocycles. The molecule has 0 aliphatic rings. The zero-order valence-corrected chi connectivity index (χ0v) is 33.3. The number of thioether (sulfide) groups is 2. The van der Waals surface area contributed by atoms with E-state index in [1.807, 2.05) is 0 Å². The van der Waals surface area contributed by atoms with Gasteiger partial charge in [0.15, 0.2) is 0 Å². The number of benzene rings is 2. The number of hydrogen-bond acceptors (Lipinski definition) is 11. The second kappa shape index (κ2) is 18.3. The Morgan fingerprint density at radius 3 is 1.36 bits per heavy atom. The summed E-state index contributed by atoms with van der Waals surface area (Å²) in [7, 11) is 2.74. The van der Waals surface area contributed by atoms with E-state index in [1.165, 1.54) is 26.6 Å². The number of aryl methyl sites for hydroxylation is 2. The molecule has 0 saturated heterocycles. The second-order valence-corrected chi connectivity index (χ2v) is 13.9. The number of aromatic nitrogens is 8. The highest BCUT2D eigenvalue weighted by atomic mass is 35.5. The molecule has 0 saturated carbocycles. The van der Waals surface area contributed by atoms with Gasteiger partial charge in [-0.2, -0.15) is 45.7 Å². The van der Waals surface area contributed by atoms with Crippen molar-refractivity contribution in [2.75, 3.05) is 12.5 Å². The van der Waals surface area contributed by atoms with Gasteiger partial charge in [-0.1, -0.05) is 49.9 Å². The highest BCUT2D eigenvalue weighted by molar-refractivity contribution is 7.99. The molecule has 25 heteroatoms. The third-order valence-corrected chi connectivity index (χ3v) is 10.4. The van der Waals surface area contributed by atoms with E-state index in [9.17, 15) is 40.7 Å². The van der Waals surface area contributed by atoms with Crippen LogP contribution in [0.25, 0.3) is 0 Å². The molecule has 304 valence electrons. The highest BCUT2D eigenvalue weighted by Crippen LogP contribution is 2.42. The van der Waals surface area contributed by atoms with Crippen LogP contribution in [0, 0.1) is 0 Å². The fraction of sp³-hybridized carbons (Fsp3) is 0.452.